The number of likely N-dealkylation sites (tertiary alicyclic amines) is 1. The molecule has 3 aromatic rings. The second-order valence-corrected chi connectivity index (χ2v) is 11.0. The summed E-state index contributed by atoms with van der Waals surface area (Å²) in [6.45, 7) is 7.18. The molecule has 3 heterocycles. The summed E-state index contributed by atoms with van der Waals surface area (Å²) in [7, 11) is 1.69. The Kier molecular flexibility index (Phi) is 6.87. The lowest BCUT2D eigenvalue weighted by Crippen LogP contribution is -2.37. The average molecular weight is 526 g/mol. The Labute approximate surface area is 229 Å². The molecular weight excluding hydrogens is 490 g/mol. The van der Waals surface area contributed by atoms with E-state index in [2.05, 4.69) is 17.9 Å². The van der Waals surface area contributed by atoms with Crippen LogP contribution in [-0.2, 0) is 21.0 Å². The quantitative estimate of drug-likeness (QED) is 0.408. The first-order valence-electron chi connectivity index (χ1n) is 13.8. The number of anilines is 2. The lowest BCUT2D eigenvalue weighted by molar-refractivity contribution is -0.126. The highest BCUT2D eigenvalue weighted by atomic mass is 16.7. The van der Waals surface area contributed by atoms with E-state index in [4.69, 9.17) is 9.57 Å². The number of fused-ring (bicyclic) bond motifs is 1. The first-order valence-corrected chi connectivity index (χ1v) is 13.8. The van der Waals surface area contributed by atoms with Gasteiger partial charge in [-0.25, -0.2) is 9.96 Å². The van der Waals surface area contributed by atoms with Crippen LogP contribution in [0.25, 0.3) is 0 Å². The molecule has 3 atom stereocenters. The fourth-order valence-electron chi connectivity index (χ4n) is 6.07. The first-order chi connectivity index (χ1) is 18.9. The predicted octanol–water partition coefficient (Wildman–Crippen LogP) is 5.29. The average Bonchev–Trinajstić information content (AvgIpc) is 3.46. The number of para-hydroxylation sites is 1. The Morgan fingerprint density at radius 1 is 0.897 bits per heavy atom. The van der Waals surface area contributed by atoms with Gasteiger partial charge in [-0.05, 0) is 80.7 Å². The molecule has 0 aliphatic carbocycles. The number of imide groups is 1. The molecule has 39 heavy (non-hydrogen) atoms. The van der Waals surface area contributed by atoms with E-state index in [1.54, 1.807) is 12.2 Å². The molecule has 0 spiro atoms. The van der Waals surface area contributed by atoms with Gasteiger partial charge in [0.25, 0.3) is 5.91 Å². The van der Waals surface area contributed by atoms with Gasteiger partial charge in [0.05, 0.1) is 24.5 Å². The van der Waals surface area contributed by atoms with Crippen LogP contribution in [-0.4, -0.2) is 43.0 Å². The van der Waals surface area contributed by atoms with Crippen molar-refractivity contribution in [2.24, 2.45) is 11.8 Å². The number of hydroxylamine groups is 1. The van der Waals surface area contributed by atoms with E-state index in [0.29, 0.717) is 5.69 Å². The van der Waals surface area contributed by atoms with Crippen molar-refractivity contribution in [1.82, 2.24) is 4.90 Å². The number of rotatable bonds is 6. The molecule has 0 saturated carbocycles. The Morgan fingerprint density at radius 3 is 2.31 bits per heavy atom. The van der Waals surface area contributed by atoms with Gasteiger partial charge in [0, 0.05) is 12.1 Å². The summed E-state index contributed by atoms with van der Waals surface area (Å²) in [6, 6.07) is 22.8. The first kappa shape index (κ1) is 25.6. The van der Waals surface area contributed by atoms with Crippen LogP contribution in [0.1, 0.15) is 42.5 Å². The largest absolute Gasteiger partial charge is 0.496 e. The number of ether oxygens (including phenoxy) is 1. The zero-order valence-electron chi connectivity index (χ0n) is 22.7. The highest BCUT2D eigenvalue weighted by Gasteiger charge is 2.60. The molecule has 2 amide bonds. The number of piperidine rings is 1. The Bertz CT molecular complexity index is 1350. The van der Waals surface area contributed by atoms with Gasteiger partial charge < -0.3 is 4.74 Å². The van der Waals surface area contributed by atoms with Crippen molar-refractivity contribution >= 4 is 23.2 Å². The van der Waals surface area contributed by atoms with Crippen molar-refractivity contribution in [3.63, 3.8) is 0 Å². The third-order valence-corrected chi connectivity index (χ3v) is 8.33. The molecule has 7 nitrogen and oxygen atoms in total. The summed E-state index contributed by atoms with van der Waals surface area (Å²) < 4.78 is 5.75. The zero-order chi connectivity index (χ0) is 27.1. The van der Waals surface area contributed by atoms with Crippen LogP contribution in [0, 0.1) is 18.8 Å². The van der Waals surface area contributed by atoms with Crippen molar-refractivity contribution in [3.8, 4) is 5.75 Å². The fraction of sp³-hybridized carbons (Fsp3) is 0.375. The predicted molar refractivity (Wildman–Crippen MR) is 150 cm³/mol. The van der Waals surface area contributed by atoms with Crippen LogP contribution < -0.4 is 14.7 Å². The van der Waals surface area contributed by atoms with E-state index >= 15 is 0 Å². The van der Waals surface area contributed by atoms with Crippen molar-refractivity contribution in [3.05, 3.63) is 89.5 Å². The second kappa shape index (κ2) is 10.5. The smallest absolute Gasteiger partial charge is 0.266 e. The molecule has 0 unspecified atom stereocenters. The molecule has 0 aromatic heterocycles. The molecule has 3 saturated heterocycles. The summed E-state index contributed by atoms with van der Waals surface area (Å²) >= 11 is 0. The monoisotopic (exact) mass is 525 g/mol. The lowest BCUT2D eigenvalue weighted by Gasteiger charge is -2.31. The number of hydrogen-bond donors (Lipinski definition) is 0. The van der Waals surface area contributed by atoms with Crippen molar-refractivity contribution in [2.75, 3.05) is 30.2 Å². The van der Waals surface area contributed by atoms with Gasteiger partial charge in [-0.1, -0.05) is 48.9 Å². The molecule has 7 heteroatoms. The molecule has 0 N–H and O–H groups in total. The number of methoxy groups -OCH3 is 1. The minimum absolute atomic E-state index is 0.236. The zero-order valence-corrected chi connectivity index (χ0v) is 22.7. The summed E-state index contributed by atoms with van der Waals surface area (Å²) in [5.74, 6) is 0.349. The number of nitrogens with zero attached hydrogens (tertiary/aromatic N) is 3. The van der Waals surface area contributed by atoms with E-state index < -0.39 is 18.1 Å². The highest BCUT2D eigenvalue weighted by Crippen LogP contribution is 2.48. The molecule has 202 valence electrons. The van der Waals surface area contributed by atoms with Gasteiger partial charge in [-0.3, -0.25) is 19.3 Å². The van der Waals surface area contributed by atoms with E-state index in [1.165, 1.54) is 17.7 Å². The van der Waals surface area contributed by atoms with Crippen LogP contribution in [0.15, 0.2) is 72.8 Å². The molecule has 0 bridgehead atoms. The maximum Gasteiger partial charge on any atom is 0.266 e. The molecule has 0 radical (unpaired) electrons. The highest BCUT2D eigenvalue weighted by molar-refractivity contribution is 6.23. The lowest BCUT2D eigenvalue weighted by atomic mass is 9.89. The summed E-state index contributed by atoms with van der Waals surface area (Å²) in [4.78, 5) is 37.7. The molecule has 6 rings (SSSR count). The van der Waals surface area contributed by atoms with Gasteiger partial charge in [0.2, 0.25) is 5.91 Å². The molecule has 3 aliphatic heterocycles. The molecule has 3 fully saturated rings. The Balaban J connectivity index is 1.38. The molecule has 3 aliphatic rings. The number of amides is 2. The van der Waals surface area contributed by atoms with E-state index in [0.717, 1.165) is 53.7 Å². The summed E-state index contributed by atoms with van der Waals surface area (Å²) in [5.41, 5.74) is 4.46. The van der Waals surface area contributed by atoms with Crippen molar-refractivity contribution < 1.29 is 19.2 Å². The van der Waals surface area contributed by atoms with Crippen LogP contribution in [0.3, 0.4) is 0 Å². The third kappa shape index (κ3) is 4.70. The van der Waals surface area contributed by atoms with Crippen LogP contribution in [0.5, 0.6) is 5.75 Å². The van der Waals surface area contributed by atoms with E-state index in [9.17, 15) is 9.59 Å². The minimum Gasteiger partial charge on any atom is -0.496 e. The van der Waals surface area contributed by atoms with Gasteiger partial charge >= 0.3 is 0 Å². The van der Waals surface area contributed by atoms with E-state index in [1.807, 2.05) is 73.7 Å². The van der Waals surface area contributed by atoms with Crippen molar-refractivity contribution in [2.45, 2.75) is 45.4 Å². The number of carbonyl (C=O) groups excluding carboxylic acids is 2. The topological polar surface area (TPSA) is 62.3 Å². The number of hydrogen-bond acceptors (Lipinski definition) is 6. The van der Waals surface area contributed by atoms with Gasteiger partial charge in [-0.2, -0.15) is 0 Å². The number of benzene rings is 3. The maximum absolute atomic E-state index is 14.0. The maximum atomic E-state index is 14.0. The molecular formula is C32H35N3O4. The normalized spacial score (nSPS) is 23.9. The Morgan fingerprint density at radius 2 is 1.62 bits per heavy atom. The second-order valence-electron chi connectivity index (χ2n) is 11.0. The third-order valence-electron chi connectivity index (χ3n) is 8.33. The number of aryl methyl sites for hydroxylation is 1. The number of carbonyl (C=O) groups is 2. The van der Waals surface area contributed by atoms with Gasteiger partial charge in [0.15, 0.2) is 6.10 Å². The van der Waals surface area contributed by atoms with Crippen LogP contribution in [0.4, 0.5) is 11.4 Å². The van der Waals surface area contributed by atoms with Crippen LogP contribution in [0.2, 0.25) is 0 Å². The van der Waals surface area contributed by atoms with E-state index in [-0.39, 0.29) is 11.8 Å². The Hall–Kier alpha value is -3.68. The molecule has 3 aromatic carbocycles. The standard InChI is InChI=1S/C32H35N3O4/c1-21-9-12-25(13-10-21)34-31(36)28-29(35(39-30(28)32(34)37)26-7-5-4-6-8-26)23-11-14-27(38-3)24(19-23)20-33-17-15-22(2)16-18-33/h4-14,19,22,28-30H,15-18,20H2,1-3H3/t28-,29+,30-/m1/s1. The van der Waals surface area contributed by atoms with Crippen molar-refractivity contribution in [1.29, 1.82) is 0 Å². The van der Waals surface area contributed by atoms with Gasteiger partial charge in [-0.15, -0.1) is 0 Å². The van der Waals surface area contributed by atoms with Crippen LogP contribution >= 0.6 is 0 Å². The fourth-order valence-corrected chi connectivity index (χ4v) is 6.07. The minimum atomic E-state index is -0.891. The SMILES string of the molecule is COc1ccc([C@H]2[C@H]3C(=O)N(c4ccc(C)cc4)C(=O)[C@@H]3ON2c2ccccc2)cc1CN1CCC(C)CC1. The summed E-state index contributed by atoms with van der Waals surface area (Å²) in [6.07, 6.45) is 1.49. The summed E-state index contributed by atoms with van der Waals surface area (Å²) in [5, 5.41) is 1.76. The van der Waals surface area contributed by atoms with Gasteiger partial charge in [0.1, 0.15) is 11.7 Å².